The van der Waals surface area contributed by atoms with Crippen molar-refractivity contribution in [1.29, 1.82) is 0 Å². The topological polar surface area (TPSA) is 32.3 Å². The van der Waals surface area contributed by atoms with Crippen LogP contribution in [0.2, 0.25) is 0 Å². The maximum Gasteiger partial charge on any atom is 0.216 e. The van der Waals surface area contributed by atoms with E-state index >= 15 is 0 Å². The zero-order valence-electron chi connectivity index (χ0n) is 16.4. The fourth-order valence-corrected chi connectivity index (χ4v) is 4.27. The van der Waals surface area contributed by atoms with Gasteiger partial charge in [0.2, 0.25) is 5.91 Å². The van der Waals surface area contributed by atoms with E-state index < -0.39 is 0 Å². The molecule has 26 heavy (non-hydrogen) atoms. The van der Waals surface area contributed by atoms with Crippen molar-refractivity contribution < 1.29 is 4.79 Å². The number of carbonyl (C=O) groups is 1. The van der Waals surface area contributed by atoms with Crippen LogP contribution in [0.5, 0.6) is 0 Å². The minimum atomic E-state index is 0.0506. The number of nitrogens with one attached hydrogen (secondary N) is 1. The average Bonchev–Trinajstić information content (AvgIpc) is 2.92. The lowest BCUT2D eigenvalue weighted by atomic mass is 9.77. The van der Waals surface area contributed by atoms with Crippen LogP contribution in [0.25, 0.3) is 0 Å². The first kappa shape index (κ1) is 18.5. The van der Waals surface area contributed by atoms with E-state index in [1.165, 1.54) is 27.9 Å². The number of para-hydroxylation sites is 1. The average molecular weight is 351 g/mol. The first-order valence-electron chi connectivity index (χ1n) is 9.60. The lowest BCUT2D eigenvalue weighted by Gasteiger charge is -2.30. The normalized spacial score (nSPS) is 18.7. The quantitative estimate of drug-likeness (QED) is 0.832. The number of aryl methyl sites for hydroxylation is 2. The molecule has 0 fully saturated rings. The van der Waals surface area contributed by atoms with Gasteiger partial charge >= 0.3 is 0 Å². The van der Waals surface area contributed by atoms with Crippen LogP contribution in [-0.2, 0) is 16.8 Å². The molecule has 0 aromatic heterocycles. The Hall–Kier alpha value is -2.29. The second-order valence-corrected chi connectivity index (χ2v) is 7.67. The van der Waals surface area contributed by atoms with Crippen molar-refractivity contribution in [2.24, 2.45) is 0 Å². The Morgan fingerprint density at radius 2 is 1.96 bits per heavy atom. The van der Waals surface area contributed by atoms with Crippen LogP contribution in [0.15, 0.2) is 42.5 Å². The number of rotatable bonds is 6. The lowest BCUT2D eigenvalue weighted by molar-refractivity contribution is -0.119. The van der Waals surface area contributed by atoms with Gasteiger partial charge in [-0.3, -0.25) is 4.79 Å². The van der Waals surface area contributed by atoms with Crippen LogP contribution in [0.4, 0.5) is 5.69 Å². The molecule has 1 aliphatic heterocycles. The SMILES string of the molecule is CCC1(CCNC(C)=O)CN(Cc2ccc(C)cc2C)c2ccccc21. The summed E-state index contributed by atoms with van der Waals surface area (Å²) in [6.45, 7) is 10.9. The predicted octanol–water partition coefficient (Wildman–Crippen LogP) is 4.50. The third kappa shape index (κ3) is 3.62. The van der Waals surface area contributed by atoms with E-state index in [0.29, 0.717) is 0 Å². The van der Waals surface area contributed by atoms with Crippen LogP contribution in [0.1, 0.15) is 48.9 Å². The second-order valence-electron chi connectivity index (χ2n) is 7.67. The highest BCUT2D eigenvalue weighted by Crippen LogP contribution is 2.45. The van der Waals surface area contributed by atoms with Crippen LogP contribution >= 0.6 is 0 Å². The number of benzene rings is 2. The van der Waals surface area contributed by atoms with Gasteiger partial charge in [-0.1, -0.05) is 48.9 Å². The molecule has 1 aliphatic rings. The van der Waals surface area contributed by atoms with Crippen molar-refractivity contribution >= 4 is 11.6 Å². The molecule has 1 unspecified atom stereocenters. The Balaban J connectivity index is 1.88. The van der Waals surface area contributed by atoms with Crippen molar-refractivity contribution in [2.75, 3.05) is 18.0 Å². The fourth-order valence-electron chi connectivity index (χ4n) is 4.27. The van der Waals surface area contributed by atoms with E-state index in [1.54, 1.807) is 6.92 Å². The number of amides is 1. The molecule has 1 atom stereocenters. The maximum atomic E-state index is 11.3. The lowest BCUT2D eigenvalue weighted by Crippen LogP contribution is -2.36. The van der Waals surface area contributed by atoms with E-state index in [4.69, 9.17) is 0 Å². The molecule has 3 nitrogen and oxygen atoms in total. The summed E-state index contributed by atoms with van der Waals surface area (Å²) in [5.41, 5.74) is 6.94. The molecule has 0 aliphatic carbocycles. The molecule has 1 amide bonds. The summed E-state index contributed by atoms with van der Waals surface area (Å²) in [7, 11) is 0. The summed E-state index contributed by atoms with van der Waals surface area (Å²) in [6.07, 6.45) is 2.05. The highest BCUT2D eigenvalue weighted by Gasteiger charge is 2.40. The van der Waals surface area contributed by atoms with Gasteiger partial charge in [0.25, 0.3) is 0 Å². The Bertz CT molecular complexity index is 799. The van der Waals surface area contributed by atoms with Gasteiger partial charge in [0.1, 0.15) is 0 Å². The van der Waals surface area contributed by atoms with E-state index in [-0.39, 0.29) is 11.3 Å². The zero-order valence-corrected chi connectivity index (χ0v) is 16.4. The Labute approximate surface area is 157 Å². The smallest absolute Gasteiger partial charge is 0.216 e. The Morgan fingerprint density at radius 1 is 1.19 bits per heavy atom. The Kier molecular flexibility index (Phi) is 5.36. The molecule has 1 heterocycles. The van der Waals surface area contributed by atoms with Gasteiger partial charge in [-0.15, -0.1) is 0 Å². The Morgan fingerprint density at radius 3 is 2.65 bits per heavy atom. The molecule has 3 heteroatoms. The van der Waals surface area contributed by atoms with Crippen molar-refractivity contribution in [3.05, 3.63) is 64.7 Å². The van der Waals surface area contributed by atoms with E-state index in [2.05, 4.69) is 73.5 Å². The van der Waals surface area contributed by atoms with Crippen molar-refractivity contribution in [2.45, 2.75) is 52.5 Å². The standard InChI is InChI=1S/C23H30N2O/c1-5-23(12-13-24-19(4)26)16-25(22-9-7-6-8-21(22)23)15-20-11-10-17(2)14-18(20)3/h6-11,14H,5,12-13,15-16H2,1-4H3,(H,24,26). The summed E-state index contributed by atoms with van der Waals surface area (Å²) in [5.74, 6) is 0.0506. The van der Waals surface area contributed by atoms with Crippen LogP contribution in [0.3, 0.4) is 0 Å². The molecule has 3 rings (SSSR count). The summed E-state index contributed by atoms with van der Waals surface area (Å²) in [4.78, 5) is 13.8. The van der Waals surface area contributed by atoms with Gasteiger partial charge in [-0.2, -0.15) is 0 Å². The number of nitrogens with zero attached hydrogens (tertiary/aromatic N) is 1. The molecule has 0 spiro atoms. The molecule has 2 aromatic rings. The summed E-state index contributed by atoms with van der Waals surface area (Å²) in [5, 5.41) is 2.98. The van der Waals surface area contributed by atoms with Crippen molar-refractivity contribution in [3.8, 4) is 0 Å². The second kappa shape index (κ2) is 7.53. The van der Waals surface area contributed by atoms with Crippen LogP contribution in [-0.4, -0.2) is 19.0 Å². The molecular formula is C23H30N2O. The van der Waals surface area contributed by atoms with Crippen molar-refractivity contribution in [3.63, 3.8) is 0 Å². The zero-order chi connectivity index (χ0) is 18.7. The molecular weight excluding hydrogens is 320 g/mol. The van der Waals surface area contributed by atoms with Gasteiger partial charge in [-0.05, 0) is 49.4 Å². The van der Waals surface area contributed by atoms with Gasteiger partial charge < -0.3 is 10.2 Å². The van der Waals surface area contributed by atoms with Crippen LogP contribution in [0, 0.1) is 13.8 Å². The minimum Gasteiger partial charge on any atom is -0.366 e. The van der Waals surface area contributed by atoms with Gasteiger partial charge in [-0.25, -0.2) is 0 Å². The largest absolute Gasteiger partial charge is 0.366 e. The van der Waals surface area contributed by atoms with E-state index in [9.17, 15) is 4.79 Å². The summed E-state index contributed by atoms with van der Waals surface area (Å²) < 4.78 is 0. The molecule has 0 radical (unpaired) electrons. The predicted molar refractivity (Wildman–Crippen MR) is 109 cm³/mol. The van der Waals surface area contributed by atoms with Gasteiger partial charge in [0, 0.05) is 37.7 Å². The van der Waals surface area contributed by atoms with Crippen molar-refractivity contribution in [1.82, 2.24) is 5.32 Å². The van der Waals surface area contributed by atoms with E-state index in [1.807, 2.05) is 0 Å². The number of carbonyl (C=O) groups excluding carboxylic acids is 1. The summed E-state index contributed by atoms with van der Waals surface area (Å²) in [6, 6.07) is 15.5. The first-order chi connectivity index (χ1) is 12.4. The highest BCUT2D eigenvalue weighted by molar-refractivity contribution is 5.72. The minimum absolute atomic E-state index is 0.0506. The highest BCUT2D eigenvalue weighted by atomic mass is 16.1. The van der Waals surface area contributed by atoms with Gasteiger partial charge in [0.15, 0.2) is 0 Å². The maximum absolute atomic E-state index is 11.3. The molecule has 0 saturated carbocycles. The first-order valence-corrected chi connectivity index (χ1v) is 9.60. The molecule has 1 N–H and O–H groups in total. The number of anilines is 1. The van der Waals surface area contributed by atoms with Gasteiger partial charge in [0.05, 0.1) is 0 Å². The molecule has 2 aromatic carbocycles. The number of hydrogen-bond donors (Lipinski definition) is 1. The number of fused-ring (bicyclic) bond motifs is 1. The summed E-state index contributed by atoms with van der Waals surface area (Å²) >= 11 is 0. The number of hydrogen-bond acceptors (Lipinski definition) is 2. The molecule has 138 valence electrons. The molecule has 0 saturated heterocycles. The third-order valence-corrected chi connectivity index (χ3v) is 5.82. The third-order valence-electron chi connectivity index (χ3n) is 5.82. The fraction of sp³-hybridized carbons (Fsp3) is 0.435. The van der Waals surface area contributed by atoms with Crippen LogP contribution < -0.4 is 10.2 Å². The molecule has 0 bridgehead atoms. The van der Waals surface area contributed by atoms with E-state index in [0.717, 1.165) is 32.5 Å². The monoisotopic (exact) mass is 350 g/mol.